The molecule has 0 fully saturated rings. The molecule has 2 aromatic heterocycles. The Hall–Kier alpha value is -1.64. The normalized spacial score (nSPS) is 10.8. The minimum Gasteiger partial charge on any atom is -0.270 e. The van der Waals surface area contributed by atoms with Gasteiger partial charge in [0.25, 0.3) is 0 Å². The molecule has 0 spiro atoms. The monoisotopic (exact) mass is 187 g/mol. The fraction of sp³-hybridized carbons (Fsp3) is 0.273. The van der Waals surface area contributed by atoms with Gasteiger partial charge in [-0.2, -0.15) is 5.10 Å². The van der Waals surface area contributed by atoms with Gasteiger partial charge in [0.15, 0.2) is 0 Å². The van der Waals surface area contributed by atoms with Crippen molar-refractivity contribution in [3.63, 3.8) is 0 Å². The summed E-state index contributed by atoms with van der Waals surface area (Å²) >= 11 is 0. The first-order valence-electron chi connectivity index (χ1n) is 4.72. The van der Waals surface area contributed by atoms with Crippen LogP contribution in [0.3, 0.4) is 0 Å². The van der Waals surface area contributed by atoms with Crippen LogP contribution in [0.15, 0.2) is 36.9 Å². The van der Waals surface area contributed by atoms with E-state index in [4.69, 9.17) is 0 Å². The molecule has 14 heavy (non-hydrogen) atoms. The molecule has 2 aromatic rings. The van der Waals surface area contributed by atoms with E-state index in [1.54, 1.807) is 12.4 Å². The Labute approximate surface area is 83.4 Å². The highest BCUT2D eigenvalue weighted by Crippen LogP contribution is 2.18. The van der Waals surface area contributed by atoms with Gasteiger partial charge >= 0.3 is 0 Å². The molecule has 0 aliphatic heterocycles. The van der Waals surface area contributed by atoms with Crippen molar-refractivity contribution in [3.05, 3.63) is 36.9 Å². The van der Waals surface area contributed by atoms with Crippen LogP contribution in [0.25, 0.3) is 11.1 Å². The van der Waals surface area contributed by atoms with Crippen LogP contribution >= 0.6 is 0 Å². The summed E-state index contributed by atoms with van der Waals surface area (Å²) in [4.78, 5) is 3.99. The third-order valence-electron chi connectivity index (χ3n) is 2.14. The molecule has 0 bridgehead atoms. The zero-order valence-electron chi connectivity index (χ0n) is 8.38. The van der Waals surface area contributed by atoms with Crippen molar-refractivity contribution in [2.24, 2.45) is 0 Å². The highest BCUT2D eigenvalue weighted by Gasteiger charge is 2.02. The van der Waals surface area contributed by atoms with E-state index < -0.39 is 0 Å². The predicted octanol–water partition coefficient (Wildman–Crippen LogP) is 2.53. The summed E-state index contributed by atoms with van der Waals surface area (Å²) in [5, 5.41) is 4.29. The zero-order valence-corrected chi connectivity index (χ0v) is 8.38. The number of rotatable bonds is 2. The lowest BCUT2D eigenvalue weighted by Gasteiger charge is -2.02. The van der Waals surface area contributed by atoms with E-state index in [-0.39, 0.29) is 0 Å². The molecule has 72 valence electrons. The molecule has 0 saturated carbocycles. The smallest absolute Gasteiger partial charge is 0.0568 e. The molecular weight excluding hydrogens is 174 g/mol. The lowest BCUT2D eigenvalue weighted by atomic mass is 10.1. The maximum atomic E-state index is 4.29. The lowest BCUT2D eigenvalue weighted by molar-refractivity contribution is 0.532. The van der Waals surface area contributed by atoms with Gasteiger partial charge in [-0.15, -0.1) is 0 Å². The average Bonchev–Trinajstić information content (AvgIpc) is 2.68. The third-order valence-corrected chi connectivity index (χ3v) is 2.14. The molecule has 0 amide bonds. The van der Waals surface area contributed by atoms with Crippen molar-refractivity contribution < 1.29 is 0 Å². The van der Waals surface area contributed by atoms with Crippen LogP contribution in [-0.2, 0) is 0 Å². The first-order chi connectivity index (χ1) is 6.77. The van der Waals surface area contributed by atoms with E-state index in [9.17, 15) is 0 Å². The Morgan fingerprint density at radius 1 is 1.14 bits per heavy atom. The number of aromatic nitrogens is 3. The zero-order chi connectivity index (χ0) is 9.97. The van der Waals surface area contributed by atoms with Gasteiger partial charge in [0, 0.05) is 30.2 Å². The average molecular weight is 187 g/mol. The van der Waals surface area contributed by atoms with Gasteiger partial charge in [-0.1, -0.05) is 0 Å². The summed E-state index contributed by atoms with van der Waals surface area (Å²) in [6.45, 7) is 4.23. The fourth-order valence-electron chi connectivity index (χ4n) is 1.31. The molecule has 0 aliphatic carbocycles. The Morgan fingerprint density at radius 2 is 1.86 bits per heavy atom. The molecular formula is C11H13N3. The number of pyridine rings is 1. The van der Waals surface area contributed by atoms with Crippen molar-refractivity contribution >= 4 is 0 Å². The van der Waals surface area contributed by atoms with Crippen molar-refractivity contribution in [2.75, 3.05) is 0 Å². The lowest BCUT2D eigenvalue weighted by Crippen LogP contribution is -1.99. The Bertz CT molecular complexity index is 403. The largest absolute Gasteiger partial charge is 0.270 e. The van der Waals surface area contributed by atoms with Crippen LogP contribution in [0.1, 0.15) is 19.9 Å². The summed E-state index contributed by atoms with van der Waals surface area (Å²) < 4.78 is 1.95. The molecule has 3 heteroatoms. The molecule has 0 saturated heterocycles. The number of nitrogens with zero attached hydrogens (tertiary/aromatic N) is 3. The van der Waals surface area contributed by atoms with Crippen molar-refractivity contribution in [2.45, 2.75) is 19.9 Å². The minimum atomic E-state index is 0.408. The van der Waals surface area contributed by atoms with Crippen LogP contribution in [-0.4, -0.2) is 14.8 Å². The molecule has 0 atom stereocenters. The number of hydrogen-bond acceptors (Lipinski definition) is 2. The highest BCUT2D eigenvalue weighted by atomic mass is 15.3. The highest BCUT2D eigenvalue weighted by molar-refractivity contribution is 5.60. The molecule has 2 rings (SSSR count). The van der Waals surface area contributed by atoms with E-state index in [0.717, 1.165) is 11.1 Å². The summed E-state index contributed by atoms with van der Waals surface area (Å²) in [6, 6.07) is 4.38. The first kappa shape index (κ1) is 8.94. The van der Waals surface area contributed by atoms with Gasteiger partial charge in [-0.05, 0) is 31.5 Å². The first-order valence-corrected chi connectivity index (χ1v) is 4.72. The second kappa shape index (κ2) is 3.62. The molecule has 0 N–H and O–H groups in total. The fourth-order valence-corrected chi connectivity index (χ4v) is 1.31. The summed E-state index contributed by atoms with van der Waals surface area (Å²) in [5.74, 6) is 0. The maximum Gasteiger partial charge on any atom is 0.0568 e. The van der Waals surface area contributed by atoms with E-state index in [1.807, 2.05) is 23.0 Å². The topological polar surface area (TPSA) is 30.7 Å². The predicted molar refractivity (Wildman–Crippen MR) is 55.8 cm³/mol. The molecule has 0 radical (unpaired) electrons. The summed E-state index contributed by atoms with van der Waals surface area (Å²) in [5.41, 5.74) is 2.30. The van der Waals surface area contributed by atoms with Crippen LogP contribution in [0, 0.1) is 0 Å². The number of hydrogen-bond donors (Lipinski definition) is 0. The molecule has 0 aliphatic rings. The summed E-state index contributed by atoms with van der Waals surface area (Å²) in [6.07, 6.45) is 7.53. The van der Waals surface area contributed by atoms with Gasteiger partial charge in [0.2, 0.25) is 0 Å². The third kappa shape index (κ3) is 1.66. The van der Waals surface area contributed by atoms with Crippen molar-refractivity contribution in [1.29, 1.82) is 0 Å². The van der Waals surface area contributed by atoms with Crippen LogP contribution in [0.2, 0.25) is 0 Å². The Kier molecular flexibility index (Phi) is 2.31. The molecule has 0 unspecified atom stereocenters. The van der Waals surface area contributed by atoms with Gasteiger partial charge in [0.1, 0.15) is 0 Å². The molecule has 3 nitrogen and oxygen atoms in total. The summed E-state index contributed by atoms with van der Waals surface area (Å²) in [7, 11) is 0. The van der Waals surface area contributed by atoms with E-state index >= 15 is 0 Å². The van der Waals surface area contributed by atoms with Gasteiger partial charge in [-0.3, -0.25) is 9.67 Å². The minimum absolute atomic E-state index is 0.408. The van der Waals surface area contributed by atoms with E-state index in [1.165, 1.54) is 0 Å². The van der Waals surface area contributed by atoms with E-state index in [2.05, 4.69) is 30.1 Å². The van der Waals surface area contributed by atoms with Gasteiger partial charge < -0.3 is 0 Å². The quantitative estimate of drug-likeness (QED) is 0.723. The van der Waals surface area contributed by atoms with Crippen LogP contribution < -0.4 is 0 Å². The second-order valence-corrected chi connectivity index (χ2v) is 3.54. The molecule has 2 heterocycles. The van der Waals surface area contributed by atoms with Crippen molar-refractivity contribution in [3.8, 4) is 11.1 Å². The second-order valence-electron chi connectivity index (χ2n) is 3.54. The van der Waals surface area contributed by atoms with Crippen LogP contribution in [0.4, 0.5) is 0 Å². The molecule has 0 aromatic carbocycles. The SMILES string of the molecule is CC(C)n1cc(-c2ccncc2)cn1. The van der Waals surface area contributed by atoms with E-state index in [0.29, 0.717) is 6.04 Å². The Balaban J connectivity index is 2.34. The Morgan fingerprint density at radius 3 is 2.43 bits per heavy atom. The maximum absolute atomic E-state index is 4.29. The van der Waals surface area contributed by atoms with Gasteiger partial charge in [-0.25, -0.2) is 0 Å². The van der Waals surface area contributed by atoms with Gasteiger partial charge in [0.05, 0.1) is 6.20 Å². The van der Waals surface area contributed by atoms with Crippen LogP contribution in [0.5, 0.6) is 0 Å². The standard InChI is InChI=1S/C11H13N3/c1-9(2)14-8-11(7-13-14)10-3-5-12-6-4-10/h3-9H,1-2H3. The van der Waals surface area contributed by atoms with Crippen molar-refractivity contribution in [1.82, 2.24) is 14.8 Å².